The minimum Gasteiger partial charge on any atom is -0.370 e. The Morgan fingerprint density at radius 3 is 2.52 bits per heavy atom. The smallest absolute Gasteiger partial charge is 0.256 e. The van der Waals surface area contributed by atoms with Crippen LogP contribution in [0.1, 0.15) is 23.3 Å². The zero-order chi connectivity index (χ0) is 17.8. The van der Waals surface area contributed by atoms with Crippen molar-refractivity contribution in [2.24, 2.45) is 0 Å². The summed E-state index contributed by atoms with van der Waals surface area (Å²) in [7, 11) is 1.55. The van der Waals surface area contributed by atoms with Gasteiger partial charge in [-0.05, 0) is 29.3 Å². The molecule has 1 heterocycles. The molecule has 2 aromatic rings. The number of rotatable bonds is 4. The van der Waals surface area contributed by atoms with Gasteiger partial charge in [-0.15, -0.1) is 0 Å². The third-order valence-electron chi connectivity index (χ3n) is 4.20. The highest BCUT2D eigenvalue weighted by Gasteiger charge is 2.31. The SMILES string of the molecule is COC(C(=O)N1CCOC(c2cc(Cl)cc(Cl)c2)C1)c1ccccc1. The Bertz CT molecular complexity index is 718. The number of methoxy groups -OCH3 is 1. The average Bonchev–Trinajstić information content (AvgIpc) is 2.62. The number of morpholine rings is 1. The van der Waals surface area contributed by atoms with Gasteiger partial charge >= 0.3 is 0 Å². The van der Waals surface area contributed by atoms with E-state index in [1.807, 2.05) is 42.5 Å². The summed E-state index contributed by atoms with van der Waals surface area (Å²) in [5, 5.41) is 1.10. The maximum atomic E-state index is 12.9. The first-order valence-corrected chi connectivity index (χ1v) is 8.78. The lowest BCUT2D eigenvalue weighted by Crippen LogP contribution is -2.44. The molecule has 2 atom stereocenters. The molecule has 0 N–H and O–H groups in total. The van der Waals surface area contributed by atoms with Crippen LogP contribution in [0.5, 0.6) is 0 Å². The summed E-state index contributed by atoms with van der Waals surface area (Å²) in [6.07, 6.45) is -0.884. The molecule has 0 radical (unpaired) electrons. The number of hydrogen-bond donors (Lipinski definition) is 0. The van der Waals surface area contributed by atoms with Crippen molar-refractivity contribution in [3.63, 3.8) is 0 Å². The molecule has 3 rings (SSSR count). The molecular weight excluding hydrogens is 361 g/mol. The van der Waals surface area contributed by atoms with Crippen molar-refractivity contribution < 1.29 is 14.3 Å². The number of carbonyl (C=O) groups excluding carboxylic acids is 1. The van der Waals surface area contributed by atoms with Gasteiger partial charge in [0.25, 0.3) is 5.91 Å². The monoisotopic (exact) mass is 379 g/mol. The van der Waals surface area contributed by atoms with E-state index >= 15 is 0 Å². The van der Waals surface area contributed by atoms with E-state index in [-0.39, 0.29) is 12.0 Å². The summed E-state index contributed by atoms with van der Waals surface area (Å²) >= 11 is 12.2. The third-order valence-corrected chi connectivity index (χ3v) is 4.63. The molecule has 2 unspecified atom stereocenters. The van der Waals surface area contributed by atoms with Crippen LogP contribution in [-0.2, 0) is 14.3 Å². The Morgan fingerprint density at radius 2 is 1.88 bits per heavy atom. The van der Waals surface area contributed by atoms with Crippen LogP contribution in [0, 0.1) is 0 Å². The van der Waals surface area contributed by atoms with Crippen LogP contribution < -0.4 is 0 Å². The van der Waals surface area contributed by atoms with E-state index in [9.17, 15) is 4.79 Å². The number of amides is 1. The average molecular weight is 380 g/mol. The lowest BCUT2D eigenvalue weighted by molar-refractivity contribution is -0.150. The molecule has 1 amide bonds. The molecule has 132 valence electrons. The summed E-state index contributed by atoms with van der Waals surface area (Å²) in [6.45, 7) is 1.41. The Hall–Kier alpha value is -1.59. The first-order chi connectivity index (χ1) is 12.1. The Labute approximate surface area is 157 Å². The van der Waals surface area contributed by atoms with E-state index in [4.69, 9.17) is 32.7 Å². The van der Waals surface area contributed by atoms with Crippen LogP contribution >= 0.6 is 23.2 Å². The fraction of sp³-hybridized carbons (Fsp3) is 0.316. The summed E-state index contributed by atoms with van der Waals surface area (Å²) in [5.74, 6) is -0.0740. The maximum Gasteiger partial charge on any atom is 0.256 e. The third kappa shape index (κ3) is 4.33. The molecule has 1 fully saturated rings. The standard InChI is InChI=1S/C19H19Cl2NO3/c1-24-18(13-5-3-2-4-6-13)19(23)22-7-8-25-17(12-22)14-9-15(20)11-16(21)10-14/h2-6,9-11,17-18H,7-8,12H2,1H3. The van der Waals surface area contributed by atoms with Crippen LogP contribution in [-0.4, -0.2) is 37.6 Å². The molecule has 25 heavy (non-hydrogen) atoms. The molecule has 0 saturated carbocycles. The van der Waals surface area contributed by atoms with Crippen LogP contribution in [0.4, 0.5) is 0 Å². The summed E-state index contributed by atoms with van der Waals surface area (Å²) in [6, 6.07) is 14.8. The van der Waals surface area contributed by atoms with Gasteiger partial charge in [0.15, 0.2) is 6.10 Å². The van der Waals surface area contributed by atoms with Crippen LogP contribution in [0.2, 0.25) is 10.0 Å². The van der Waals surface area contributed by atoms with Crippen molar-refractivity contribution in [1.82, 2.24) is 4.90 Å². The number of halogens is 2. The molecule has 1 saturated heterocycles. The van der Waals surface area contributed by atoms with Crippen molar-refractivity contribution in [2.75, 3.05) is 26.8 Å². The van der Waals surface area contributed by atoms with Gasteiger partial charge in [-0.2, -0.15) is 0 Å². The molecule has 1 aliphatic rings. The molecule has 0 spiro atoms. The molecular formula is C19H19Cl2NO3. The molecule has 0 aromatic heterocycles. The Balaban J connectivity index is 1.77. The van der Waals surface area contributed by atoms with Gasteiger partial charge in [-0.25, -0.2) is 0 Å². The quantitative estimate of drug-likeness (QED) is 0.795. The number of benzene rings is 2. The van der Waals surface area contributed by atoms with E-state index in [0.717, 1.165) is 11.1 Å². The highest BCUT2D eigenvalue weighted by atomic mass is 35.5. The van der Waals surface area contributed by atoms with Gasteiger partial charge in [-0.1, -0.05) is 53.5 Å². The number of hydrogen-bond acceptors (Lipinski definition) is 3. The van der Waals surface area contributed by atoms with Crippen molar-refractivity contribution in [2.45, 2.75) is 12.2 Å². The Morgan fingerprint density at radius 1 is 1.20 bits per heavy atom. The lowest BCUT2D eigenvalue weighted by Gasteiger charge is -2.35. The van der Waals surface area contributed by atoms with Crippen molar-refractivity contribution in [1.29, 1.82) is 0 Å². The van der Waals surface area contributed by atoms with Crippen molar-refractivity contribution >= 4 is 29.1 Å². The molecule has 0 bridgehead atoms. The highest BCUT2D eigenvalue weighted by Crippen LogP contribution is 2.29. The topological polar surface area (TPSA) is 38.8 Å². The molecule has 4 nitrogen and oxygen atoms in total. The first kappa shape index (κ1) is 18.2. The van der Waals surface area contributed by atoms with E-state index in [2.05, 4.69) is 0 Å². The fourth-order valence-electron chi connectivity index (χ4n) is 2.99. The normalized spacial score (nSPS) is 18.8. The van der Waals surface area contributed by atoms with Gasteiger partial charge in [0.2, 0.25) is 0 Å². The second kappa shape index (κ2) is 8.19. The van der Waals surface area contributed by atoms with Crippen LogP contribution in [0.3, 0.4) is 0 Å². The molecule has 1 aliphatic heterocycles. The largest absolute Gasteiger partial charge is 0.370 e. The molecule has 2 aromatic carbocycles. The zero-order valence-electron chi connectivity index (χ0n) is 13.8. The van der Waals surface area contributed by atoms with Gasteiger partial charge in [0.05, 0.1) is 13.2 Å². The van der Waals surface area contributed by atoms with E-state index in [1.54, 1.807) is 18.1 Å². The summed E-state index contributed by atoms with van der Waals surface area (Å²) in [5.41, 5.74) is 1.70. The Kier molecular flexibility index (Phi) is 5.97. The van der Waals surface area contributed by atoms with Gasteiger partial charge < -0.3 is 14.4 Å². The minimum atomic E-state index is -0.622. The van der Waals surface area contributed by atoms with Gasteiger partial charge in [-0.3, -0.25) is 4.79 Å². The fourth-order valence-corrected chi connectivity index (χ4v) is 3.53. The molecule has 6 heteroatoms. The van der Waals surface area contributed by atoms with Crippen molar-refractivity contribution in [3.8, 4) is 0 Å². The van der Waals surface area contributed by atoms with E-state index in [1.165, 1.54) is 0 Å². The van der Waals surface area contributed by atoms with Gasteiger partial charge in [0, 0.05) is 23.7 Å². The second-order valence-electron chi connectivity index (χ2n) is 5.87. The summed E-state index contributed by atoms with van der Waals surface area (Å²) in [4.78, 5) is 14.7. The molecule has 0 aliphatic carbocycles. The van der Waals surface area contributed by atoms with Crippen LogP contribution in [0.25, 0.3) is 0 Å². The predicted molar refractivity (Wildman–Crippen MR) is 97.9 cm³/mol. The predicted octanol–water partition coefficient (Wildman–Crippen LogP) is 4.28. The van der Waals surface area contributed by atoms with E-state index in [0.29, 0.717) is 29.7 Å². The number of ether oxygens (including phenoxy) is 2. The van der Waals surface area contributed by atoms with Crippen LogP contribution in [0.15, 0.2) is 48.5 Å². The summed E-state index contributed by atoms with van der Waals surface area (Å²) < 4.78 is 11.3. The minimum absolute atomic E-state index is 0.0740. The number of carbonyl (C=O) groups is 1. The maximum absolute atomic E-state index is 12.9. The lowest BCUT2D eigenvalue weighted by atomic mass is 10.1. The second-order valence-corrected chi connectivity index (χ2v) is 6.75. The zero-order valence-corrected chi connectivity index (χ0v) is 15.3. The highest BCUT2D eigenvalue weighted by molar-refractivity contribution is 6.34. The first-order valence-electron chi connectivity index (χ1n) is 8.02. The van der Waals surface area contributed by atoms with Gasteiger partial charge in [0.1, 0.15) is 6.10 Å². The van der Waals surface area contributed by atoms with E-state index < -0.39 is 6.10 Å². The number of nitrogens with zero attached hydrogens (tertiary/aromatic N) is 1. The van der Waals surface area contributed by atoms with Crippen molar-refractivity contribution in [3.05, 3.63) is 69.7 Å².